The van der Waals surface area contributed by atoms with Crippen molar-refractivity contribution >= 4 is 23.2 Å². The van der Waals surface area contributed by atoms with Crippen molar-refractivity contribution < 1.29 is 0 Å². The second kappa shape index (κ2) is 5.23. The van der Waals surface area contributed by atoms with Crippen LogP contribution in [0, 0.1) is 6.07 Å². The van der Waals surface area contributed by atoms with E-state index in [4.69, 9.17) is 23.2 Å². The average molecular weight is 226 g/mol. The van der Waals surface area contributed by atoms with Crippen LogP contribution in [0.1, 0.15) is 11.1 Å². The molecule has 1 radical (unpaired) electrons. The highest BCUT2D eigenvalue weighted by atomic mass is 35.5. The zero-order valence-corrected chi connectivity index (χ0v) is 9.33. The second-order valence-corrected chi connectivity index (χ2v) is 3.66. The van der Waals surface area contributed by atoms with Gasteiger partial charge in [0.25, 0.3) is 0 Å². The first kappa shape index (κ1) is 11.4. The molecule has 0 aliphatic carbocycles. The van der Waals surface area contributed by atoms with Crippen molar-refractivity contribution in [2.45, 2.75) is 12.8 Å². The topological polar surface area (TPSA) is 0 Å². The third kappa shape index (κ3) is 2.40. The van der Waals surface area contributed by atoms with Crippen molar-refractivity contribution in [3.63, 3.8) is 0 Å². The van der Waals surface area contributed by atoms with Crippen LogP contribution in [0.3, 0.4) is 0 Å². The molecule has 0 saturated heterocycles. The van der Waals surface area contributed by atoms with E-state index in [2.05, 4.69) is 19.2 Å². The smallest absolute Gasteiger partial charge is 0.0535 e. The summed E-state index contributed by atoms with van der Waals surface area (Å²) >= 11 is 12.1. The van der Waals surface area contributed by atoms with Crippen LogP contribution in [0.5, 0.6) is 0 Å². The van der Waals surface area contributed by atoms with Crippen LogP contribution in [0.2, 0.25) is 10.0 Å². The summed E-state index contributed by atoms with van der Waals surface area (Å²) in [7, 11) is 0. The van der Waals surface area contributed by atoms with Crippen molar-refractivity contribution in [1.82, 2.24) is 0 Å². The van der Waals surface area contributed by atoms with Gasteiger partial charge in [0.2, 0.25) is 0 Å². The minimum atomic E-state index is 0.572. The summed E-state index contributed by atoms with van der Waals surface area (Å²) in [5.74, 6) is 0. The molecule has 0 aromatic heterocycles. The summed E-state index contributed by atoms with van der Waals surface area (Å²) < 4.78 is 0. The van der Waals surface area contributed by atoms with Gasteiger partial charge in [0.05, 0.1) is 5.02 Å². The summed E-state index contributed by atoms with van der Waals surface area (Å²) in [6, 6.07) is 4.77. The summed E-state index contributed by atoms with van der Waals surface area (Å²) in [4.78, 5) is 0. The van der Waals surface area contributed by atoms with E-state index >= 15 is 0 Å². The van der Waals surface area contributed by atoms with E-state index in [9.17, 15) is 0 Å². The minimum Gasteiger partial charge on any atom is -0.103 e. The summed E-state index contributed by atoms with van der Waals surface area (Å²) in [6.45, 7) is 7.33. The molecule has 0 nitrogen and oxygen atoms in total. The highest BCUT2D eigenvalue weighted by Crippen LogP contribution is 2.28. The van der Waals surface area contributed by atoms with Crippen LogP contribution in [0.15, 0.2) is 31.4 Å². The largest absolute Gasteiger partial charge is 0.103 e. The highest BCUT2D eigenvalue weighted by Gasteiger charge is 2.08. The Labute approximate surface area is 94.8 Å². The molecule has 2 heteroatoms. The number of rotatable bonds is 4. The number of hydrogen-bond donors (Lipinski definition) is 0. The van der Waals surface area contributed by atoms with E-state index in [1.807, 2.05) is 0 Å². The Kier molecular flexibility index (Phi) is 4.24. The predicted octanol–water partition coefficient (Wildman–Crippen LogP) is 4.25. The quantitative estimate of drug-likeness (QED) is 0.673. The van der Waals surface area contributed by atoms with Gasteiger partial charge in [-0.25, -0.2) is 0 Å². The number of allylic oxidation sites excluding steroid dienone is 2. The molecule has 0 heterocycles. The maximum atomic E-state index is 6.17. The molecular formula is C12H11Cl2. The van der Waals surface area contributed by atoms with Gasteiger partial charge in [-0.1, -0.05) is 35.4 Å². The van der Waals surface area contributed by atoms with Crippen molar-refractivity contribution in [2.75, 3.05) is 0 Å². The Balaban J connectivity index is 3.17. The second-order valence-electron chi connectivity index (χ2n) is 2.91. The average Bonchev–Trinajstić information content (AvgIpc) is 2.17. The first-order valence-electron chi connectivity index (χ1n) is 4.30. The molecule has 1 aromatic rings. The molecule has 0 bridgehead atoms. The first-order chi connectivity index (χ1) is 6.70. The molecule has 0 saturated carbocycles. The van der Waals surface area contributed by atoms with Gasteiger partial charge in [0.1, 0.15) is 0 Å². The summed E-state index contributed by atoms with van der Waals surface area (Å²) in [5.41, 5.74) is 1.89. The SMILES string of the molecule is C=CCc1c[c]c(Cl)c(CC=C)c1Cl. The molecule has 0 unspecified atom stereocenters. The third-order valence-electron chi connectivity index (χ3n) is 1.90. The Morgan fingerprint density at radius 3 is 2.43 bits per heavy atom. The zero-order valence-electron chi connectivity index (χ0n) is 7.82. The van der Waals surface area contributed by atoms with E-state index in [0.29, 0.717) is 16.5 Å². The number of hydrogen-bond acceptors (Lipinski definition) is 0. The van der Waals surface area contributed by atoms with E-state index in [0.717, 1.165) is 17.5 Å². The summed E-state index contributed by atoms with van der Waals surface area (Å²) in [6.07, 6.45) is 4.98. The van der Waals surface area contributed by atoms with Crippen molar-refractivity contribution in [1.29, 1.82) is 0 Å². The fourth-order valence-corrected chi connectivity index (χ4v) is 1.80. The molecule has 0 atom stereocenters. The number of halogens is 2. The standard InChI is InChI=1S/C12H11Cl2/c1-3-5-9-7-8-11(13)10(6-4-2)12(9)14/h3-4,7H,1-2,5-6H2. The predicted molar refractivity (Wildman–Crippen MR) is 63.1 cm³/mol. The van der Waals surface area contributed by atoms with Gasteiger partial charge >= 0.3 is 0 Å². The molecule has 0 aliphatic heterocycles. The fraction of sp³-hybridized carbons (Fsp3) is 0.167. The van der Waals surface area contributed by atoms with Gasteiger partial charge in [-0.15, -0.1) is 13.2 Å². The summed E-state index contributed by atoms with van der Waals surface area (Å²) in [5, 5.41) is 1.27. The monoisotopic (exact) mass is 225 g/mol. The first-order valence-corrected chi connectivity index (χ1v) is 5.05. The van der Waals surface area contributed by atoms with Gasteiger partial charge in [0, 0.05) is 11.1 Å². The highest BCUT2D eigenvalue weighted by molar-refractivity contribution is 6.36. The zero-order chi connectivity index (χ0) is 10.6. The molecule has 0 aliphatic rings. The minimum absolute atomic E-state index is 0.572. The maximum Gasteiger partial charge on any atom is 0.0535 e. The molecule has 0 N–H and O–H groups in total. The van der Waals surface area contributed by atoms with Crippen LogP contribution in [-0.4, -0.2) is 0 Å². The lowest BCUT2D eigenvalue weighted by Gasteiger charge is -2.08. The van der Waals surface area contributed by atoms with Crippen LogP contribution >= 0.6 is 23.2 Å². The lowest BCUT2D eigenvalue weighted by molar-refractivity contribution is 1.20. The van der Waals surface area contributed by atoms with Crippen LogP contribution < -0.4 is 0 Å². The number of benzene rings is 1. The van der Waals surface area contributed by atoms with Gasteiger partial charge in [0.15, 0.2) is 0 Å². The van der Waals surface area contributed by atoms with Gasteiger partial charge in [-0.05, 0) is 30.0 Å². The van der Waals surface area contributed by atoms with Crippen molar-refractivity contribution in [3.8, 4) is 0 Å². The van der Waals surface area contributed by atoms with Crippen LogP contribution in [0.25, 0.3) is 0 Å². The van der Waals surface area contributed by atoms with Gasteiger partial charge in [-0.3, -0.25) is 0 Å². The van der Waals surface area contributed by atoms with E-state index in [1.54, 1.807) is 18.2 Å². The van der Waals surface area contributed by atoms with Crippen molar-refractivity contribution in [2.24, 2.45) is 0 Å². The van der Waals surface area contributed by atoms with E-state index < -0.39 is 0 Å². The van der Waals surface area contributed by atoms with Gasteiger partial charge < -0.3 is 0 Å². The van der Waals surface area contributed by atoms with Crippen molar-refractivity contribution in [3.05, 3.63) is 58.6 Å². The molecular weight excluding hydrogens is 215 g/mol. The normalized spacial score (nSPS) is 9.86. The Morgan fingerprint density at radius 1 is 1.21 bits per heavy atom. The molecule has 1 rings (SSSR count). The molecule has 0 spiro atoms. The Hall–Kier alpha value is -0.720. The molecule has 73 valence electrons. The van der Waals surface area contributed by atoms with E-state index in [-0.39, 0.29) is 0 Å². The third-order valence-corrected chi connectivity index (χ3v) is 2.71. The van der Waals surface area contributed by atoms with E-state index in [1.165, 1.54) is 0 Å². The molecule has 14 heavy (non-hydrogen) atoms. The molecule has 1 aromatic carbocycles. The maximum absolute atomic E-state index is 6.17. The molecule has 0 fully saturated rings. The molecule has 0 amide bonds. The van der Waals surface area contributed by atoms with Crippen LogP contribution in [-0.2, 0) is 12.8 Å². The van der Waals surface area contributed by atoms with Gasteiger partial charge in [-0.2, -0.15) is 0 Å². The Bertz CT molecular complexity index is 354. The fourth-order valence-electron chi connectivity index (χ4n) is 1.22. The lowest BCUT2D eigenvalue weighted by atomic mass is 10.1. The Morgan fingerprint density at radius 2 is 1.86 bits per heavy atom. The van der Waals surface area contributed by atoms with Crippen LogP contribution in [0.4, 0.5) is 0 Å². The lowest BCUT2D eigenvalue weighted by Crippen LogP contribution is -1.91.